The van der Waals surface area contributed by atoms with Gasteiger partial charge in [-0.2, -0.15) is 0 Å². The molecule has 1 aliphatic carbocycles. The summed E-state index contributed by atoms with van der Waals surface area (Å²) in [7, 11) is 0. The second-order valence-corrected chi connectivity index (χ2v) is 6.64. The fraction of sp³-hybridized carbons (Fsp3) is 0.579. The zero-order valence-electron chi connectivity index (χ0n) is 14.4. The molecule has 0 aromatic heterocycles. The van der Waals surface area contributed by atoms with Crippen LogP contribution in [-0.4, -0.2) is 30.0 Å². The number of nitrogens with one attached hydrogen (secondary N) is 2. The molecule has 1 aliphatic rings. The van der Waals surface area contributed by atoms with Crippen molar-refractivity contribution in [1.82, 2.24) is 10.6 Å². The Balaban J connectivity index is 1.62. The van der Waals surface area contributed by atoms with Crippen LogP contribution in [0, 0.1) is 12.8 Å². The fourth-order valence-corrected chi connectivity index (χ4v) is 3.25. The lowest BCUT2D eigenvalue weighted by Crippen LogP contribution is -2.38. The van der Waals surface area contributed by atoms with Crippen LogP contribution in [0.4, 0.5) is 0 Å². The van der Waals surface area contributed by atoms with Crippen LogP contribution in [0.5, 0.6) is 0 Å². The van der Waals surface area contributed by atoms with Crippen LogP contribution in [0.2, 0.25) is 0 Å². The molecule has 0 saturated heterocycles. The summed E-state index contributed by atoms with van der Waals surface area (Å²) in [5.41, 5.74) is 1.79. The van der Waals surface area contributed by atoms with Gasteiger partial charge in [0.1, 0.15) is 0 Å². The van der Waals surface area contributed by atoms with E-state index < -0.39 is 6.10 Å². The number of rotatable bonds is 8. The Morgan fingerprint density at radius 1 is 1.17 bits per heavy atom. The van der Waals surface area contributed by atoms with E-state index in [0.717, 1.165) is 17.5 Å². The van der Waals surface area contributed by atoms with Gasteiger partial charge >= 0.3 is 0 Å². The summed E-state index contributed by atoms with van der Waals surface area (Å²) in [5, 5.41) is 15.4. The highest BCUT2D eigenvalue weighted by Crippen LogP contribution is 2.28. The van der Waals surface area contributed by atoms with E-state index in [1.807, 2.05) is 31.2 Å². The van der Waals surface area contributed by atoms with Crippen LogP contribution in [0.25, 0.3) is 0 Å². The Kier molecular flexibility index (Phi) is 7.25. The number of carbonyl (C=O) groups is 2. The predicted molar refractivity (Wildman–Crippen MR) is 93.4 cm³/mol. The van der Waals surface area contributed by atoms with Crippen LogP contribution in [0.3, 0.4) is 0 Å². The summed E-state index contributed by atoms with van der Waals surface area (Å²) >= 11 is 0. The van der Waals surface area contributed by atoms with Crippen LogP contribution >= 0.6 is 0 Å². The van der Waals surface area contributed by atoms with E-state index in [4.69, 9.17) is 0 Å². The normalized spacial score (nSPS) is 15.9. The van der Waals surface area contributed by atoms with E-state index >= 15 is 0 Å². The van der Waals surface area contributed by atoms with Crippen molar-refractivity contribution >= 4 is 11.8 Å². The number of aliphatic hydroxyl groups excluding tert-OH is 1. The fourth-order valence-electron chi connectivity index (χ4n) is 3.25. The topological polar surface area (TPSA) is 78.4 Å². The summed E-state index contributed by atoms with van der Waals surface area (Å²) in [6, 6.07) is 7.53. The van der Waals surface area contributed by atoms with Crippen molar-refractivity contribution in [3.63, 3.8) is 0 Å². The van der Waals surface area contributed by atoms with E-state index in [2.05, 4.69) is 10.6 Å². The molecule has 2 amide bonds. The van der Waals surface area contributed by atoms with Gasteiger partial charge in [-0.1, -0.05) is 49.9 Å². The zero-order valence-corrected chi connectivity index (χ0v) is 14.4. The first-order chi connectivity index (χ1) is 11.6. The van der Waals surface area contributed by atoms with Crippen molar-refractivity contribution in [2.75, 3.05) is 13.1 Å². The molecule has 0 heterocycles. The van der Waals surface area contributed by atoms with E-state index in [1.165, 1.54) is 25.7 Å². The van der Waals surface area contributed by atoms with Gasteiger partial charge in [0.25, 0.3) is 0 Å². The highest BCUT2D eigenvalue weighted by atomic mass is 16.3. The van der Waals surface area contributed by atoms with Crippen LogP contribution < -0.4 is 10.6 Å². The Bertz CT molecular complexity index is 553. The third-order valence-electron chi connectivity index (χ3n) is 4.74. The maximum atomic E-state index is 11.8. The van der Waals surface area contributed by atoms with Crippen molar-refractivity contribution in [1.29, 1.82) is 0 Å². The lowest BCUT2D eigenvalue weighted by molar-refractivity contribution is -0.126. The van der Waals surface area contributed by atoms with Gasteiger partial charge in [0.2, 0.25) is 11.8 Å². The van der Waals surface area contributed by atoms with Crippen molar-refractivity contribution in [3.8, 4) is 0 Å². The van der Waals surface area contributed by atoms with Gasteiger partial charge in [-0.15, -0.1) is 0 Å². The second kappa shape index (κ2) is 9.42. The summed E-state index contributed by atoms with van der Waals surface area (Å²) in [6.07, 6.45) is 5.67. The molecule has 3 N–H and O–H groups in total. The summed E-state index contributed by atoms with van der Waals surface area (Å²) in [5.74, 6) is 0.321. The lowest BCUT2D eigenvalue weighted by atomic mass is 10.0. The smallest absolute Gasteiger partial charge is 0.239 e. The first-order valence-electron chi connectivity index (χ1n) is 8.83. The number of aliphatic hydroxyl groups is 1. The predicted octanol–water partition coefficient (Wildman–Crippen LogP) is 2.23. The molecule has 0 aliphatic heterocycles. The average Bonchev–Trinajstić information content (AvgIpc) is 3.10. The third kappa shape index (κ3) is 5.96. The van der Waals surface area contributed by atoms with E-state index in [-0.39, 0.29) is 24.9 Å². The van der Waals surface area contributed by atoms with Crippen LogP contribution in [0.1, 0.15) is 55.8 Å². The minimum absolute atomic E-state index is 0.0377. The molecular formula is C19H28N2O3. The highest BCUT2D eigenvalue weighted by molar-refractivity contribution is 5.84. The van der Waals surface area contributed by atoms with E-state index in [9.17, 15) is 14.7 Å². The molecule has 132 valence electrons. The zero-order chi connectivity index (χ0) is 17.4. The molecule has 1 aromatic carbocycles. The molecule has 5 nitrogen and oxygen atoms in total. The molecule has 0 bridgehead atoms. The Morgan fingerprint density at radius 3 is 2.58 bits per heavy atom. The summed E-state index contributed by atoms with van der Waals surface area (Å²) in [4.78, 5) is 23.6. The number of aryl methyl sites for hydroxylation is 1. The van der Waals surface area contributed by atoms with E-state index in [1.54, 1.807) is 0 Å². The molecule has 1 atom stereocenters. The Morgan fingerprint density at radius 2 is 1.88 bits per heavy atom. The average molecular weight is 332 g/mol. The van der Waals surface area contributed by atoms with Gasteiger partial charge < -0.3 is 15.7 Å². The lowest BCUT2D eigenvalue weighted by Gasteiger charge is -2.15. The van der Waals surface area contributed by atoms with Crippen LogP contribution in [-0.2, 0) is 9.59 Å². The molecule has 2 rings (SSSR count). The van der Waals surface area contributed by atoms with Crippen molar-refractivity contribution < 1.29 is 14.7 Å². The van der Waals surface area contributed by atoms with Crippen molar-refractivity contribution in [2.24, 2.45) is 5.92 Å². The molecule has 1 fully saturated rings. The molecular weight excluding hydrogens is 304 g/mol. The molecule has 5 heteroatoms. The number of hydrogen-bond donors (Lipinski definition) is 3. The van der Waals surface area contributed by atoms with Crippen molar-refractivity contribution in [3.05, 3.63) is 35.4 Å². The van der Waals surface area contributed by atoms with Gasteiger partial charge in [0, 0.05) is 13.0 Å². The second-order valence-electron chi connectivity index (χ2n) is 6.64. The molecule has 24 heavy (non-hydrogen) atoms. The molecule has 0 radical (unpaired) electrons. The quantitative estimate of drug-likeness (QED) is 0.683. The number of carbonyl (C=O) groups excluding carboxylic acids is 2. The molecule has 1 saturated carbocycles. The van der Waals surface area contributed by atoms with Gasteiger partial charge in [-0.3, -0.25) is 9.59 Å². The monoisotopic (exact) mass is 332 g/mol. The number of amides is 2. The highest BCUT2D eigenvalue weighted by Gasteiger charge is 2.16. The maximum absolute atomic E-state index is 11.8. The van der Waals surface area contributed by atoms with Gasteiger partial charge in [-0.05, 0) is 30.4 Å². The van der Waals surface area contributed by atoms with Gasteiger partial charge in [0.15, 0.2) is 0 Å². The summed E-state index contributed by atoms with van der Waals surface area (Å²) < 4.78 is 0. The Labute approximate surface area is 143 Å². The molecule has 0 spiro atoms. The van der Waals surface area contributed by atoms with E-state index in [0.29, 0.717) is 12.3 Å². The SMILES string of the molecule is Cc1ccccc1C(O)CNC(=O)CNC(=O)CCC1CCCC1. The first kappa shape index (κ1) is 18.5. The number of hydrogen-bond acceptors (Lipinski definition) is 3. The minimum Gasteiger partial charge on any atom is -0.387 e. The standard InChI is InChI=1S/C19H28N2O3/c1-14-6-2-5-9-16(14)17(22)12-20-19(24)13-21-18(23)11-10-15-7-3-4-8-15/h2,5-6,9,15,17,22H,3-4,7-8,10-13H2,1H3,(H,20,24)(H,21,23). The van der Waals surface area contributed by atoms with Crippen LogP contribution in [0.15, 0.2) is 24.3 Å². The molecule has 1 aromatic rings. The largest absolute Gasteiger partial charge is 0.387 e. The third-order valence-corrected chi connectivity index (χ3v) is 4.74. The van der Waals surface area contributed by atoms with Gasteiger partial charge in [0.05, 0.1) is 12.6 Å². The summed E-state index contributed by atoms with van der Waals surface area (Å²) in [6.45, 7) is 2.02. The van der Waals surface area contributed by atoms with Gasteiger partial charge in [-0.25, -0.2) is 0 Å². The number of benzene rings is 1. The first-order valence-corrected chi connectivity index (χ1v) is 8.83. The maximum Gasteiger partial charge on any atom is 0.239 e. The van der Waals surface area contributed by atoms with Crippen molar-refractivity contribution in [2.45, 2.75) is 51.6 Å². The minimum atomic E-state index is -0.742. The molecule has 1 unspecified atom stereocenters. The Hall–Kier alpha value is -1.88.